The number of Topliss-reactive ketones (excluding diaryl/α,β-unsaturated/α-hetero) is 1. The van der Waals surface area contributed by atoms with Crippen LogP contribution in [0.5, 0.6) is 0 Å². The van der Waals surface area contributed by atoms with Crippen LogP contribution in [-0.2, 0) is 28.8 Å². The Morgan fingerprint density at radius 3 is 2.29 bits per heavy atom. The third-order valence-corrected chi connectivity index (χ3v) is 2.11. The standard InChI is InChI=1S/C10H13NO6/c1-16-6-7(12)2-5-10(15)17-11-8(13)3-4-9(11)14/h2-6H2,1H3. The lowest BCUT2D eigenvalue weighted by Gasteiger charge is -2.12. The molecule has 0 N–H and O–H groups in total. The predicted molar refractivity (Wildman–Crippen MR) is 53.3 cm³/mol. The predicted octanol–water partition coefficient (Wildman–Crippen LogP) is -0.411. The SMILES string of the molecule is COCC(=O)CCC(=O)ON1C(=O)CCC1=O. The molecule has 1 saturated heterocycles. The van der Waals surface area contributed by atoms with Crippen molar-refractivity contribution in [2.45, 2.75) is 25.7 Å². The van der Waals surface area contributed by atoms with Gasteiger partial charge in [-0.25, -0.2) is 4.79 Å². The summed E-state index contributed by atoms with van der Waals surface area (Å²) in [6.07, 6.45) is -0.119. The molecule has 2 amide bonds. The molecule has 0 atom stereocenters. The van der Waals surface area contributed by atoms with Crippen molar-refractivity contribution in [3.8, 4) is 0 Å². The van der Waals surface area contributed by atoms with Gasteiger partial charge < -0.3 is 9.57 Å². The molecule has 1 aliphatic heterocycles. The molecule has 1 heterocycles. The smallest absolute Gasteiger partial charge is 0.333 e. The van der Waals surface area contributed by atoms with E-state index in [0.717, 1.165) is 0 Å². The molecule has 0 aromatic rings. The Labute approximate surface area is 97.6 Å². The zero-order chi connectivity index (χ0) is 12.8. The minimum atomic E-state index is -0.780. The lowest BCUT2D eigenvalue weighted by Crippen LogP contribution is -2.32. The van der Waals surface area contributed by atoms with Crippen LogP contribution in [0.25, 0.3) is 0 Å². The monoisotopic (exact) mass is 243 g/mol. The van der Waals surface area contributed by atoms with Crippen molar-refractivity contribution in [2.24, 2.45) is 0 Å². The molecule has 0 radical (unpaired) electrons. The van der Waals surface area contributed by atoms with Gasteiger partial charge in [0.05, 0.1) is 6.42 Å². The lowest BCUT2D eigenvalue weighted by molar-refractivity contribution is -0.197. The van der Waals surface area contributed by atoms with Gasteiger partial charge in [0.25, 0.3) is 11.8 Å². The molecule has 0 bridgehead atoms. The number of imide groups is 1. The number of methoxy groups -OCH3 is 1. The summed E-state index contributed by atoms with van der Waals surface area (Å²) in [6.45, 7) is -0.0745. The van der Waals surface area contributed by atoms with Crippen LogP contribution in [0.2, 0.25) is 0 Å². The van der Waals surface area contributed by atoms with Gasteiger partial charge >= 0.3 is 5.97 Å². The minimum Gasteiger partial charge on any atom is -0.377 e. The first-order chi connectivity index (χ1) is 8.04. The Morgan fingerprint density at radius 1 is 1.18 bits per heavy atom. The van der Waals surface area contributed by atoms with Gasteiger partial charge in [-0.2, -0.15) is 0 Å². The highest BCUT2D eigenvalue weighted by Crippen LogP contribution is 2.12. The van der Waals surface area contributed by atoms with Crippen LogP contribution < -0.4 is 0 Å². The van der Waals surface area contributed by atoms with Crippen LogP contribution in [0.4, 0.5) is 0 Å². The van der Waals surface area contributed by atoms with Crippen molar-refractivity contribution < 1.29 is 28.8 Å². The first-order valence-corrected chi connectivity index (χ1v) is 5.12. The maximum atomic E-state index is 11.2. The molecule has 0 unspecified atom stereocenters. The zero-order valence-corrected chi connectivity index (χ0v) is 9.43. The number of carbonyl (C=O) groups excluding carboxylic acids is 4. The van der Waals surface area contributed by atoms with Gasteiger partial charge in [-0.05, 0) is 0 Å². The number of hydroxylamine groups is 2. The molecule has 94 valence electrons. The normalized spacial score (nSPS) is 15.2. The third kappa shape index (κ3) is 3.95. The molecular formula is C10H13NO6. The molecule has 0 saturated carbocycles. The Bertz CT molecular complexity index is 335. The zero-order valence-electron chi connectivity index (χ0n) is 9.43. The van der Waals surface area contributed by atoms with Crippen LogP contribution in [0.1, 0.15) is 25.7 Å². The van der Waals surface area contributed by atoms with E-state index >= 15 is 0 Å². The topological polar surface area (TPSA) is 90.0 Å². The molecule has 1 fully saturated rings. The highest BCUT2D eigenvalue weighted by molar-refractivity contribution is 6.01. The second kappa shape index (κ2) is 6.09. The fourth-order valence-corrected chi connectivity index (χ4v) is 1.28. The number of hydrogen-bond donors (Lipinski definition) is 0. The Balaban J connectivity index is 2.32. The summed E-state index contributed by atoms with van der Waals surface area (Å²) < 4.78 is 4.58. The van der Waals surface area contributed by atoms with Crippen molar-refractivity contribution in [3.63, 3.8) is 0 Å². The van der Waals surface area contributed by atoms with Crippen molar-refractivity contribution >= 4 is 23.6 Å². The van der Waals surface area contributed by atoms with E-state index in [2.05, 4.69) is 9.57 Å². The van der Waals surface area contributed by atoms with Gasteiger partial charge in [-0.1, -0.05) is 0 Å². The summed E-state index contributed by atoms with van der Waals surface area (Å²) in [5, 5.41) is 0.461. The molecule has 17 heavy (non-hydrogen) atoms. The molecule has 7 nitrogen and oxygen atoms in total. The van der Waals surface area contributed by atoms with E-state index in [1.165, 1.54) is 7.11 Å². The van der Waals surface area contributed by atoms with E-state index in [4.69, 9.17) is 0 Å². The summed E-state index contributed by atoms with van der Waals surface area (Å²) in [6, 6.07) is 0. The number of nitrogens with zero attached hydrogens (tertiary/aromatic N) is 1. The van der Waals surface area contributed by atoms with Crippen LogP contribution >= 0.6 is 0 Å². The number of carbonyl (C=O) groups is 4. The quantitative estimate of drug-likeness (QED) is 0.589. The van der Waals surface area contributed by atoms with Gasteiger partial charge in [-0.15, -0.1) is 5.06 Å². The molecular weight excluding hydrogens is 230 g/mol. The summed E-state index contributed by atoms with van der Waals surface area (Å²) >= 11 is 0. The van der Waals surface area contributed by atoms with E-state index in [1.807, 2.05) is 0 Å². The average Bonchev–Trinajstić information content (AvgIpc) is 2.58. The summed E-state index contributed by atoms with van der Waals surface area (Å²) in [5.41, 5.74) is 0. The maximum absolute atomic E-state index is 11.2. The summed E-state index contributed by atoms with van der Waals surface area (Å²) in [4.78, 5) is 49.0. The molecule has 7 heteroatoms. The summed E-state index contributed by atoms with van der Waals surface area (Å²) in [5.74, 6) is -2.10. The van der Waals surface area contributed by atoms with Crippen molar-refractivity contribution in [3.05, 3.63) is 0 Å². The van der Waals surface area contributed by atoms with Gasteiger partial charge in [0.2, 0.25) is 0 Å². The molecule has 0 aromatic carbocycles. The van der Waals surface area contributed by atoms with Crippen molar-refractivity contribution in [1.82, 2.24) is 5.06 Å². The molecule has 0 spiro atoms. The number of rotatable bonds is 6. The average molecular weight is 243 g/mol. The van der Waals surface area contributed by atoms with Gasteiger partial charge in [0.15, 0.2) is 5.78 Å². The van der Waals surface area contributed by atoms with E-state index in [0.29, 0.717) is 5.06 Å². The second-order valence-electron chi connectivity index (χ2n) is 3.52. The maximum Gasteiger partial charge on any atom is 0.333 e. The second-order valence-corrected chi connectivity index (χ2v) is 3.52. The Hall–Kier alpha value is -1.76. The Morgan fingerprint density at radius 2 is 1.76 bits per heavy atom. The van der Waals surface area contributed by atoms with Gasteiger partial charge in [0, 0.05) is 26.4 Å². The van der Waals surface area contributed by atoms with E-state index in [-0.39, 0.29) is 38.1 Å². The number of ether oxygens (including phenoxy) is 1. The minimum absolute atomic E-state index is 0.0388. The summed E-state index contributed by atoms with van der Waals surface area (Å²) in [7, 11) is 1.37. The number of ketones is 1. The molecule has 0 aliphatic carbocycles. The van der Waals surface area contributed by atoms with Crippen LogP contribution in [0.15, 0.2) is 0 Å². The van der Waals surface area contributed by atoms with Crippen LogP contribution in [0.3, 0.4) is 0 Å². The largest absolute Gasteiger partial charge is 0.377 e. The highest BCUT2D eigenvalue weighted by atomic mass is 16.7. The van der Waals surface area contributed by atoms with Crippen molar-refractivity contribution in [1.29, 1.82) is 0 Å². The van der Waals surface area contributed by atoms with E-state index in [9.17, 15) is 19.2 Å². The number of amides is 2. The molecule has 1 rings (SSSR count). The van der Waals surface area contributed by atoms with E-state index in [1.54, 1.807) is 0 Å². The van der Waals surface area contributed by atoms with Gasteiger partial charge in [-0.3, -0.25) is 14.4 Å². The van der Waals surface area contributed by atoms with Crippen LogP contribution in [-0.4, -0.2) is 42.3 Å². The Kier molecular flexibility index (Phi) is 4.77. The molecule has 0 aromatic heterocycles. The molecule has 1 aliphatic rings. The fraction of sp³-hybridized carbons (Fsp3) is 0.600. The van der Waals surface area contributed by atoms with E-state index < -0.39 is 17.8 Å². The highest BCUT2D eigenvalue weighted by Gasteiger charge is 2.32. The number of hydrogen-bond acceptors (Lipinski definition) is 6. The fourth-order valence-electron chi connectivity index (χ4n) is 1.28. The third-order valence-electron chi connectivity index (χ3n) is 2.11. The van der Waals surface area contributed by atoms with Crippen molar-refractivity contribution in [2.75, 3.05) is 13.7 Å². The first kappa shape index (κ1) is 13.3. The van der Waals surface area contributed by atoms with Crippen LogP contribution in [0, 0.1) is 0 Å². The first-order valence-electron chi connectivity index (χ1n) is 5.12. The lowest BCUT2D eigenvalue weighted by atomic mass is 10.2. The van der Waals surface area contributed by atoms with Gasteiger partial charge in [0.1, 0.15) is 6.61 Å².